The van der Waals surface area contributed by atoms with Crippen LogP contribution in [0.2, 0.25) is 0 Å². The van der Waals surface area contributed by atoms with Crippen molar-refractivity contribution in [3.8, 4) is 22.6 Å². The molecular formula is C26H33NO4. The molecule has 5 rings (SSSR count). The highest BCUT2D eigenvalue weighted by molar-refractivity contribution is 5.80. The second-order valence-electron chi connectivity index (χ2n) is 9.70. The van der Waals surface area contributed by atoms with Gasteiger partial charge in [0.2, 0.25) is 0 Å². The fourth-order valence-electron chi connectivity index (χ4n) is 7.45. The first-order chi connectivity index (χ1) is 15.1. The molecule has 3 aliphatic rings. The topological polar surface area (TPSA) is 62.9 Å². The minimum absolute atomic E-state index is 0.0307. The lowest BCUT2D eigenvalue weighted by Crippen LogP contribution is -2.67. The molecule has 2 bridgehead atoms. The molecule has 1 saturated carbocycles. The summed E-state index contributed by atoms with van der Waals surface area (Å²) >= 11 is 0. The number of nitrogens with zero attached hydrogens (tertiary/aromatic N) is 1. The van der Waals surface area contributed by atoms with Gasteiger partial charge in [-0.3, -0.25) is 4.90 Å². The smallest absolute Gasteiger partial charge is 0.161 e. The number of fused-ring (bicyclic) bond motifs is 3. The van der Waals surface area contributed by atoms with Gasteiger partial charge in [-0.25, -0.2) is 0 Å². The van der Waals surface area contributed by atoms with Crippen LogP contribution in [0.25, 0.3) is 11.1 Å². The fraction of sp³-hybridized carbons (Fsp3) is 0.577. The van der Waals surface area contributed by atoms with Crippen LogP contribution in [0.5, 0.6) is 11.5 Å². The van der Waals surface area contributed by atoms with E-state index in [1.165, 1.54) is 18.4 Å². The van der Waals surface area contributed by atoms with Gasteiger partial charge in [0.15, 0.2) is 11.5 Å². The molecule has 0 amide bonds. The fourth-order valence-corrected chi connectivity index (χ4v) is 7.45. The lowest BCUT2D eigenvalue weighted by molar-refractivity contribution is -0.108. The Kier molecular flexibility index (Phi) is 4.93. The lowest BCUT2D eigenvalue weighted by Gasteiger charge is -2.59. The zero-order valence-corrected chi connectivity index (χ0v) is 18.8. The van der Waals surface area contributed by atoms with E-state index in [4.69, 9.17) is 9.15 Å². The van der Waals surface area contributed by atoms with Crippen molar-refractivity contribution in [2.75, 3.05) is 20.2 Å². The Morgan fingerprint density at radius 3 is 2.84 bits per heavy atom. The summed E-state index contributed by atoms with van der Waals surface area (Å²) in [7, 11) is 1.62. The van der Waals surface area contributed by atoms with E-state index in [2.05, 4.69) is 18.7 Å². The van der Waals surface area contributed by atoms with Gasteiger partial charge in [0.25, 0.3) is 0 Å². The van der Waals surface area contributed by atoms with E-state index in [1.807, 2.05) is 12.1 Å². The van der Waals surface area contributed by atoms with Gasteiger partial charge in [-0.05, 0) is 61.4 Å². The van der Waals surface area contributed by atoms with E-state index in [0.717, 1.165) is 55.3 Å². The highest BCUT2D eigenvalue weighted by atomic mass is 16.5. The van der Waals surface area contributed by atoms with E-state index in [0.29, 0.717) is 29.9 Å². The van der Waals surface area contributed by atoms with Crippen LogP contribution < -0.4 is 4.74 Å². The van der Waals surface area contributed by atoms with Crippen molar-refractivity contribution in [2.24, 2.45) is 5.92 Å². The van der Waals surface area contributed by atoms with Gasteiger partial charge in [0, 0.05) is 41.0 Å². The summed E-state index contributed by atoms with van der Waals surface area (Å²) in [5.74, 6) is 1.20. The normalized spacial score (nSPS) is 30.7. The van der Waals surface area contributed by atoms with E-state index >= 15 is 0 Å². The summed E-state index contributed by atoms with van der Waals surface area (Å²) in [6.45, 7) is 6.62. The Hall–Kier alpha value is -2.27. The molecule has 1 aromatic heterocycles. The molecule has 1 spiro atoms. The summed E-state index contributed by atoms with van der Waals surface area (Å²) in [5, 5.41) is 11.4. The second-order valence-corrected chi connectivity index (χ2v) is 9.70. The molecule has 5 heteroatoms. The van der Waals surface area contributed by atoms with E-state index in [1.54, 1.807) is 19.6 Å². The maximum absolute atomic E-state index is 11.4. The molecule has 2 fully saturated rings. The number of unbranched alkanes of at least 4 members (excludes halogenated alkanes) is 1. The first-order valence-corrected chi connectivity index (χ1v) is 11.7. The zero-order chi connectivity index (χ0) is 21.8. The Morgan fingerprint density at radius 1 is 1.35 bits per heavy atom. The number of aromatic hydroxyl groups is 1. The minimum Gasteiger partial charge on any atom is -0.504 e. The van der Waals surface area contributed by atoms with Crippen molar-refractivity contribution in [3.05, 3.63) is 35.8 Å². The average Bonchev–Trinajstić information content (AvgIpc) is 3.45. The molecule has 1 saturated heterocycles. The SMILES string of the molecule is CCCCN1CC23C[C@](CC)(c4c(O)c(OC)cc(-c5ccoc5)c42)C(CCC=O)C13. The molecule has 1 aliphatic heterocycles. The zero-order valence-electron chi connectivity index (χ0n) is 18.8. The second kappa shape index (κ2) is 7.40. The van der Waals surface area contributed by atoms with Crippen LogP contribution >= 0.6 is 0 Å². The summed E-state index contributed by atoms with van der Waals surface area (Å²) in [4.78, 5) is 14.0. The Labute approximate surface area is 184 Å². The number of phenols is 1. The van der Waals surface area contributed by atoms with Gasteiger partial charge >= 0.3 is 0 Å². The first kappa shape index (κ1) is 20.6. The molecule has 5 nitrogen and oxygen atoms in total. The quantitative estimate of drug-likeness (QED) is 0.572. The lowest BCUT2D eigenvalue weighted by atomic mass is 9.59. The Bertz CT molecular complexity index is 984. The summed E-state index contributed by atoms with van der Waals surface area (Å²) in [6.07, 6.45) is 10.4. The van der Waals surface area contributed by atoms with Gasteiger partial charge in [0.05, 0.1) is 19.6 Å². The molecule has 31 heavy (non-hydrogen) atoms. The summed E-state index contributed by atoms with van der Waals surface area (Å²) in [6, 6.07) is 4.42. The number of likely N-dealkylation sites (tertiary alicyclic amines) is 1. The molecule has 1 N–H and O–H groups in total. The van der Waals surface area contributed by atoms with Crippen LogP contribution in [0, 0.1) is 5.92 Å². The van der Waals surface area contributed by atoms with Crippen LogP contribution in [-0.2, 0) is 15.6 Å². The Balaban J connectivity index is 1.74. The highest BCUT2D eigenvalue weighted by Crippen LogP contribution is 2.74. The molecule has 1 aromatic carbocycles. The summed E-state index contributed by atoms with van der Waals surface area (Å²) in [5.41, 5.74) is 4.45. The minimum atomic E-state index is -0.124. The first-order valence-electron chi connectivity index (χ1n) is 11.7. The number of aldehydes is 1. The van der Waals surface area contributed by atoms with Gasteiger partial charge in [-0.1, -0.05) is 20.3 Å². The van der Waals surface area contributed by atoms with Crippen LogP contribution in [0.1, 0.15) is 63.5 Å². The number of rotatable bonds is 9. The van der Waals surface area contributed by atoms with Crippen molar-refractivity contribution in [3.63, 3.8) is 0 Å². The van der Waals surface area contributed by atoms with Crippen LogP contribution in [0.15, 0.2) is 29.1 Å². The maximum atomic E-state index is 11.4. The number of carbonyl (C=O) groups excluding carboxylic acids is 1. The number of benzene rings is 1. The van der Waals surface area contributed by atoms with Crippen molar-refractivity contribution in [1.82, 2.24) is 4.90 Å². The van der Waals surface area contributed by atoms with Crippen molar-refractivity contribution in [2.45, 2.75) is 69.2 Å². The largest absolute Gasteiger partial charge is 0.504 e. The predicted molar refractivity (Wildman–Crippen MR) is 120 cm³/mol. The van der Waals surface area contributed by atoms with Crippen LogP contribution in [0.4, 0.5) is 0 Å². The highest BCUT2D eigenvalue weighted by Gasteiger charge is 2.74. The number of phenolic OH excluding ortho intramolecular Hbond substituents is 1. The standard InChI is InChI=1S/C26H33NO4/c1-4-6-10-27-16-26-15-25(5-2,19(24(26)27)8-7-11-28)22-21(26)18(17-9-12-31-14-17)13-20(30-3)23(22)29/h9,11-14,19,24,29H,4-8,10,15-16H2,1-3H3/t19?,24?,25-,26?/m0/s1. The van der Waals surface area contributed by atoms with E-state index in [9.17, 15) is 9.90 Å². The molecule has 0 radical (unpaired) electrons. The Morgan fingerprint density at radius 2 is 2.19 bits per heavy atom. The molecule has 166 valence electrons. The number of carbonyl (C=O) groups is 1. The number of hydrogen-bond donors (Lipinski definition) is 1. The molecule has 2 aliphatic carbocycles. The average molecular weight is 424 g/mol. The number of ether oxygens (including phenoxy) is 1. The van der Waals surface area contributed by atoms with Crippen molar-refractivity contribution >= 4 is 6.29 Å². The predicted octanol–water partition coefficient (Wildman–Crippen LogP) is 5.04. The number of furan rings is 1. The third kappa shape index (κ3) is 2.56. The van der Waals surface area contributed by atoms with Crippen LogP contribution in [0.3, 0.4) is 0 Å². The van der Waals surface area contributed by atoms with Crippen molar-refractivity contribution < 1.29 is 19.1 Å². The van der Waals surface area contributed by atoms with Gasteiger partial charge < -0.3 is 19.1 Å². The molecule has 3 unspecified atom stereocenters. The van der Waals surface area contributed by atoms with Crippen LogP contribution in [-0.4, -0.2) is 42.5 Å². The molecule has 2 heterocycles. The maximum Gasteiger partial charge on any atom is 0.161 e. The number of hydrogen-bond acceptors (Lipinski definition) is 5. The third-order valence-electron chi connectivity index (χ3n) is 8.50. The van der Waals surface area contributed by atoms with Gasteiger partial charge in [-0.15, -0.1) is 0 Å². The molecule has 2 aromatic rings. The molecule has 4 atom stereocenters. The van der Waals surface area contributed by atoms with Gasteiger partial charge in [0.1, 0.15) is 6.29 Å². The van der Waals surface area contributed by atoms with E-state index in [-0.39, 0.29) is 10.8 Å². The van der Waals surface area contributed by atoms with Gasteiger partial charge in [-0.2, -0.15) is 0 Å². The number of methoxy groups -OCH3 is 1. The third-order valence-corrected chi connectivity index (χ3v) is 8.50. The monoisotopic (exact) mass is 423 g/mol. The van der Waals surface area contributed by atoms with E-state index < -0.39 is 0 Å². The summed E-state index contributed by atoms with van der Waals surface area (Å²) < 4.78 is 11.1. The molecular weight excluding hydrogens is 390 g/mol. The van der Waals surface area contributed by atoms with Crippen molar-refractivity contribution in [1.29, 1.82) is 0 Å².